The molecule has 2 N–H and O–H groups in total. The van der Waals surface area contributed by atoms with Crippen molar-refractivity contribution in [2.45, 2.75) is 73.3 Å². The monoisotopic (exact) mass is 467 g/mol. The molecule has 10 nitrogen and oxygen atoms in total. The molecule has 0 aromatic heterocycles. The molecule has 0 saturated carbocycles. The van der Waals surface area contributed by atoms with E-state index in [-0.39, 0.29) is 31.6 Å². The van der Waals surface area contributed by atoms with E-state index >= 15 is 0 Å². The number of hydrogen-bond donors (Lipinski definition) is 2. The van der Waals surface area contributed by atoms with Crippen molar-refractivity contribution in [2.24, 2.45) is 11.3 Å². The zero-order chi connectivity index (χ0) is 24.1. The maximum Gasteiger partial charge on any atom is 0.472 e. The number of carbonyl (C=O) groups excluding carboxylic acids is 3. The Hall–Kier alpha value is -1.48. The minimum Gasteiger partial charge on any atom is -0.461 e. The molecular formula is C20H38NO9P. The van der Waals surface area contributed by atoms with E-state index in [0.717, 1.165) is 12.8 Å². The van der Waals surface area contributed by atoms with E-state index < -0.39 is 37.9 Å². The number of carbonyl (C=O) groups is 3. The molecule has 0 aliphatic carbocycles. The third kappa shape index (κ3) is 12.8. The highest BCUT2D eigenvalue weighted by molar-refractivity contribution is 7.47. The van der Waals surface area contributed by atoms with Gasteiger partial charge in [0.1, 0.15) is 6.61 Å². The van der Waals surface area contributed by atoms with Crippen molar-refractivity contribution >= 4 is 25.7 Å². The number of phosphoric ester groups is 1. The van der Waals surface area contributed by atoms with Crippen LogP contribution in [-0.4, -0.2) is 55.2 Å². The molecule has 0 rings (SSSR count). The van der Waals surface area contributed by atoms with Crippen molar-refractivity contribution in [3.05, 3.63) is 0 Å². The first-order chi connectivity index (χ1) is 14.4. The molecule has 3 atom stereocenters. The molecule has 0 aromatic carbocycles. The highest BCUT2D eigenvalue weighted by Gasteiger charge is 2.33. The Labute approximate surface area is 185 Å². The second-order valence-electron chi connectivity index (χ2n) is 7.89. The highest BCUT2D eigenvalue weighted by atomic mass is 31.2. The molecule has 0 aromatic rings. The van der Waals surface area contributed by atoms with Gasteiger partial charge in [-0.15, -0.1) is 0 Å². The number of rotatable bonds is 16. The standard InChI is InChI=1S/C20H38NO9P/c1-7-9-10-20(6,8-2)19(24)27-13-17(30-16(5)22)14-29-31(25,26)28-12-11-21-18(23)15(3)4/h15,17H,7-14H2,1-6H3,(H,21,23)(H,25,26). The number of unbranched alkanes of at least 4 members (excludes halogenated alkanes) is 1. The van der Waals surface area contributed by atoms with E-state index in [1.165, 1.54) is 6.92 Å². The van der Waals surface area contributed by atoms with Gasteiger partial charge in [0.05, 0.1) is 18.6 Å². The molecule has 31 heavy (non-hydrogen) atoms. The van der Waals surface area contributed by atoms with Crippen molar-refractivity contribution in [1.29, 1.82) is 0 Å². The van der Waals surface area contributed by atoms with Gasteiger partial charge in [-0.3, -0.25) is 23.4 Å². The summed E-state index contributed by atoms with van der Waals surface area (Å²) < 4.78 is 32.0. The molecule has 0 radical (unpaired) electrons. The quantitative estimate of drug-likeness (QED) is 0.199. The van der Waals surface area contributed by atoms with Crippen LogP contribution in [0.4, 0.5) is 0 Å². The summed E-state index contributed by atoms with van der Waals surface area (Å²) in [5, 5.41) is 2.53. The second kappa shape index (κ2) is 14.6. The first-order valence-electron chi connectivity index (χ1n) is 10.6. The van der Waals surface area contributed by atoms with Gasteiger partial charge in [0.2, 0.25) is 5.91 Å². The summed E-state index contributed by atoms with van der Waals surface area (Å²) in [6.45, 7) is 9.30. The topological polar surface area (TPSA) is 137 Å². The molecule has 0 bridgehead atoms. The summed E-state index contributed by atoms with van der Waals surface area (Å²) in [6.07, 6.45) is 2.01. The van der Waals surface area contributed by atoms with Gasteiger partial charge in [-0.25, -0.2) is 4.57 Å². The summed E-state index contributed by atoms with van der Waals surface area (Å²) in [7, 11) is -4.46. The van der Waals surface area contributed by atoms with Crippen LogP contribution in [0.2, 0.25) is 0 Å². The zero-order valence-electron chi connectivity index (χ0n) is 19.5. The minimum atomic E-state index is -4.46. The third-order valence-corrected chi connectivity index (χ3v) is 5.68. The van der Waals surface area contributed by atoms with Gasteiger partial charge in [0, 0.05) is 19.4 Å². The zero-order valence-corrected chi connectivity index (χ0v) is 20.4. The summed E-state index contributed by atoms with van der Waals surface area (Å²) in [5.41, 5.74) is -0.659. The van der Waals surface area contributed by atoms with Gasteiger partial charge in [0.25, 0.3) is 0 Å². The van der Waals surface area contributed by atoms with E-state index in [2.05, 4.69) is 5.32 Å². The Kier molecular flexibility index (Phi) is 13.9. The van der Waals surface area contributed by atoms with Gasteiger partial charge in [-0.1, -0.05) is 40.5 Å². The van der Waals surface area contributed by atoms with E-state index in [9.17, 15) is 23.8 Å². The summed E-state index contributed by atoms with van der Waals surface area (Å²) in [4.78, 5) is 45.0. The fourth-order valence-electron chi connectivity index (χ4n) is 2.44. The fourth-order valence-corrected chi connectivity index (χ4v) is 3.19. The number of nitrogens with one attached hydrogen (secondary N) is 1. The molecule has 0 aliphatic rings. The van der Waals surface area contributed by atoms with Crippen LogP contribution in [0.15, 0.2) is 0 Å². The number of phosphoric acid groups is 1. The number of ether oxygens (including phenoxy) is 2. The number of hydrogen-bond acceptors (Lipinski definition) is 8. The Morgan fingerprint density at radius 3 is 2.29 bits per heavy atom. The Balaban J connectivity index is 4.67. The van der Waals surface area contributed by atoms with Crippen LogP contribution in [-0.2, 0) is 37.5 Å². The average molecular weight is 467 g/mol. The smallest absolute Gasteiger partial charge is 0.461 e. The maximum atomic E-state index is 12.5. The molecule has 1 amide bonds. The van der Waals surface area contributed by atoms with Gasteiger partial charge >= 0.3 is 19.8 Å². The molecule has 0 saturated heterocycles. The van der Waals surface area contributed by atoms with Crippen LogP contribution in [0.5, 0.6) is 0 Å². The molecule has 0 fully saturated rings. The Morgan fingerprint density at radius 1 is 1.13 bits per heavy atom. The lowest BCUT2D eigenvalue weighted by Crippen LogP contribution is -2.34. The molecular weight excluding hydrogens is 429 g/mol. The van der Waals surface area contributed by atoms with Gasteiger partial charge in [-0.05, 0) is 19.8 Å². The van der Waals surface area contributed by atoms with E-state index in [1.807, 2.05) is 20.8 Å². The normalized spacial score (nSPS) is 16.1. The molecule has 0 aliphatic heterocycles. The van der Waals surface area contributed by atoms with Crippen LogP contribution in [0.3, 0.4) is 0 Å². The number of amides is 1. The van der Waals surface area contributed by atoms with Gasteiger partial charge in [0.15, 0.2) is 6.10 Å². The van der Waals surface area contributed by atoms with E-state index in [0.29, 0.717) is 12.8 Å². The Morgan fingerprint density at radius 2 is 1.77 bits per heavy atom. The predicted octanol–water partition coefficient (Wildman–Crippen LogP) is 2.97. The van der Waals surface area contributed by atoms with Crippen LogP contribution in [0.25, 0.3) is 0 Å². The largest absolute Gasteiger partial charge is 0.472 e. The van der Waals surface area contributed by atoms with Crippen LogP contribution >= 0.6 is 7.82 Å². The maximum absolute atomic E-state index is 12.5. The molecule has 182 valence electrons. The van der Waals surface area contributed by atoms with E-state index in [4.69, 9.17) is 18.5 Å². The first kappa shape index (κ1) is 29.5. The van der Waals surface area contributed by atoms with Crippen molar-refractivity contribution in [3.8, 4) is 0 Å². The van der Waals surface area contributed by atoms with Crippen LogP contribution in [0.1, 0.15) is 67.2 Å². The van der Waals surface area contributed by atoms with Crippen molar-refractivity contribution in [3.63, 3.8) is 0 Å². The molecule has 3 unspecified atom stereocenters. The summed E-state index contributed by atoms with van der Waals surface area (Å²) in [5.74, 6) is -1.52. The van der Waals surface area contributed by atoms with Crippen molar-refractivity contribution in [2.75, 3.05) is 26.4 Å². The van der Waals surface area contributed by atoms with Gasteiger partial charge in [-0.2, -0.15) is 0 Å². The molecule has 0 heterocycles. The fraction of sp³-hybridized carbons (Fsp3) is 0.850. The van der Waals surface area contributed by atoms with E-state index in [1.54, 1.807) is 13.8 Å². The highest BCUT2D eigenvalue weighted by Crippen LogP contribution is 2.43. The lowest BCUT2D eigenvalue weighted by molar-refractivity contribution is -0.166. The lowest BCUT2D eigenvalue weighted by Gasteiger charge is -2.27. The van der Waals surface area contributed by atoms with Crippen molar-refractivity contribution in [1.82, 2.24) is 5.32 Å². The lowest BCUT2D eigenvalue weighted by atomic mass is 9.82. The summed E-state index contributed by atoms with van der Waals surface area (Å²) >= 11 is 0. The summed E-state index contributed by atoms with van der Waals surface area (Å²) in [6, 6.07) is 0. The predicted molar refractivity (Wildman–Crippen MR) is 114 cm³/mol. The molecule has 0 spiro atoms. The van der Waals surface area contributed by atoms with Gasteiger partial charge < -0.3 is 19.7 Å². The van der Waals surface area contributed by atoms with Crippen LogP contribution in [0, 0.1) is 11.3 Å². The number of esters is 2. The second-order valence-corrected chi connectivity index (χ2v) is 9.34. The SMILES string of the molecule is CCCCC(C)(CC)C(=O)OCC(COP(=O)(O)OCCNC(=O)C(C)C)OC(C)=O. The third-order valence-electron chi connectivity index (χ3n) is 4.69. The average Bonchev–Trinajstić information content (AvgIpc) is 2.70. The minimum absolute atomic E-state index is 0.0310. The first-order valence-corrected chi connectivity index (χ1v) is 12.1. The van der Waals surface area contributed by atoms with Crippen LogP contribution < -0.4 is 5.32 Å². The molecule has 11 heteroatoms. The van der Waals surface area contributed by atoms with Crippen molar-refractivity contribution < 1.29 is 42.4 Å². The Bertz CT molecular complexity index is 626.